The second-order valence-corrected chi connectivity index (χ2v) is 4.98. The topological polar surface area (TPSA) is 46.2 Å². The van der Waals surface area contributed by atoms with Crippen molar-refractivity contribution >= 4 is 34.6 Å². The van der Waals surface area contributed by atoms with Crippen molar-refractivity contribution in [3.63, 3.8) is 0 Å². The molecule has 3 nitrogen and oxygen atoms in total. The highest BCUT2D eigenvalue weighted by Gasteiger charge is 2.14. The first-order valence-corrected chi connectivity index (χ1v) is 5.77. The van der Waals surface area contributed by atoms with E-state index in [1.807, 2.05) is 6.07 Å². The zero-order valence-electron chi connectivity index (χ0n) is 8.54. The Kier molecular flexibility index (Phi) is 4.29. The summed E-state index contributed by atoms with van der Waals surface area (Å²) in [5.41, 5.74) is 0. The number of carbonyl (C=O) groups is 2. The maximum Gasteiger partial charge on any atom is 0.217 e. The maximum absolute atomic E-state index is 11.5. The standard InChI is InChI=1S/C10H12ClNO2S/c1-6(11)10(14)9-4-3-8(15-9)5-12-7(2)13/h3-4,6H,5H2,1-2H3,(H,12,13). The summed E-state index contributed by atoms with van der Waals surface area (Å²) in [6.07, 6.45) is 0. The zero-order chi connectivity index (χ0) is 11.4. The van der Waals surface area contributed by atoms with Crippen LogP contribution in [0, 0.1) is 0 Å². The van der Waals surface area contributed by atoms with Gasteiger partial charge in [0.25, 0.3) is 0 Å². The lowest BCUT2D eigenvalue weighted by molar-refractivity contribution is -0.119. The van der Waals surface area contributed by atoms with Crippen LogP contribution in [-0.2, 0) is 11.3 Å². The van der Waals surface area contributed by atoms with Crippen LogP contribution in [0.1, 0.15) is 28.4 Å². The Balaban J connectivity index is 2.64. The van der Waals surface area contributed by atoms with Crippen molar-refractivity contribution < 1.29 is 9.59 Å². The molecule has 15 heavy (non-hydrogen) atoms. The Morgan fingerprint density at radius 2 is 2.20 bits per heavy atom. The fraction of sp³-hybridized carbons (Fsp3) is 0.400. The zero-order valence-corrected chi connectivity index (χ0v) is 10.1. The summed E-state index contributed by atoms with van der Waals surface area (Å²) in [7, 11) is 0. The van der Waals surface area contributed by atoms with Gasteiger partial charge in [-0.05, 0) is 19.1 Å². The number of hydrogen-bond donors (Lipinski definition) is 1. The first-order chi connectivity index (χ1) is 7.00. The molecular weight excluding hydrogens is 234 g/mol. The number of thiophene rings is 1. The van der Waals surface area contributed by atoms with E-state index in [0.717, 1.165) is 4.88 Å². The number of alkyl halides is 1. The van der Waals surface area contributed by atoms with Crippen LogP contribution in [0.25, 0.3) is 0 Å². The number of nitrogens with one attached hydrogen (secondary N) is 1. The largest absolute Gasteiger partial charge is 0.351 e. The molecule has 0 spiro atoms. The van der Waals surface area contributed by atoms with Crippen LogP contribution < -0.4 is 5.32 Å². The van der Waals surface area contributed by atoms with Gasteiger partial charge in [0.15, 0.2) is 5.78 Å². The Bertz CT molecular complexity index is 373. The van der Waals surface area contributed by atoms with Crippen molar-refractivity contribution in [3.05, 3.63) is 21.9 Å². The van der Waals surface area contributed by atoms with E-state index < -0.39 is 5.38 Å². The van der Waals surface area contributed by atoms with Gasteiger partial charge in [0.05, 0.1) is 16.8 Å². The molecule has 0 aliphatic rings. The third-order valence-electron chi connectivity index (χ3n) is 1.78. The van der Waals surface area contributed by atoms with Gasteiger partial charge in [0.1, 0.15) is 0 Å². The first kappa shape index (κ1) is 12.2. The van der Waals surface area contributed by atoms with Crippen LogP contribution in [0.3, 0.4) is 0 Å². The lowest BCUT2D eigenvalue weighted by atomic mass is 10.2. The molecule has 0 aliphatic carbocycles. The highest BCUT2D eigenvalue weighted by atomic mass is 35.5. The third-order valence-corrected chi connectivity index (χ3v) is 3.08. The van der Waals surface area contributed by atoms with Crippen LogP contribution in [0.2, 0.25) is 0 Å². The number of rotatable bonds is 4. The molecule has 1 atom stereocenters. The Hall–Kier alpha value is -0.870. The third kappa shape index (κ3) is 3.64. The van der Waals surface area contributed by atoms with Crippen LogP contribution in [0.4, 0.5) is 0 Å². The fourth-order valence-electron chi connectivity index (χ4n) is 1.01. The molecule has 1 amide bonds. The van der Waals surface area contributed by atoms with Gasteiger partial charge in [0, 0.05) is 11.8 Å². The molecule has 1 rings (SSSR count). The molecule has 0 saturated heterocycles. The number of Topliss-reactive ketones (excluding diaryl/α,β-unsaturated/α-hetero) is 1. The molecule has 0 saturated carbocycles. The van der Waals surface area contributed by atoms with E-state index in [1.165, 1.54) is 18.3 Å². The molecule has 1 unspecified atom stereocenters. The smallest absolute Gasteiger partial charge is 0.217 e. The first-order valence-electron chi connectivity index (χ1n) is 4.52. The molecule has 0 fully saturated rings. The summed E-state index contributed by atoms with van der Waals surface area (Å²) in [5, 5.41) is 2.17. The molecule has 1 aromatic rings. The lowest BCUT2D eigenvalue weighted by Crippen LogP contribution is -2.18. The summed E-state index contributed by atoms with van der Waals surface area (Å²) >= 11 is 7.05. The quantitative estimate of drug-likeness (QED) is 0.653. The predicted octanol–water partition coefficient (Wildman–Crippen LogP) is 2.19. The molecule has 0 aromatic carbocycles. The van der Waals surface area contributed by atoms with E-state index >= 15 is 0 Å². The Morgan fingerprint density at radius 1 is 1.53 bits per heavy atom. The van der Waals surface area contributed by atoms with Crippen molar-refractivity contribution in [2.75, 3.05) is 0 Å². The normalized spacial score (nSPS) is 12.2. The van der Waals surface area contributed by atoms with Gasteiger partial charge in [-0.15, -0.1) is 22.9 Å². The summed E-state index contributed by atoms with van der Waals surface area (Å²) in [4.78, 5) is 23.7. The van der Waals surface area contributed by atoms with Gasteiger partial charge in [-0.2, -0.15) is 0 Å². The number of amides is 1. The number of hydrogen-bond acceptors (Lipinski definition) is 3. The molecule has 5 heteroatoms. The minimum atomic E-state index is -0.503. The van der Waals surface area contributed by atoms with Gasteiger partial charge < -0.3 is 5.32 Å². The molecule has 0 bridgehead atoms. The van der Waals surface area contributed by atoms with Crippen molar-refractivity contribution in [1.29, 1.82) is 0 Å². The summed E-state index contributed by atoms with van der Waals surface area (Å²) in [5.74, 6) is -0.155. The minimum Gasteiger partial charge on any atom is -0.351 e. The van der Waals surface area contributed by atoms with Crippen molar-refractivity contribution in [2.24, 2.45) is 0 Å². The summed E-state index contributed by atoms with van der Waals surface area (Å²) in [6.45, 7) is 3.57. The Labute approximate surface area is 97.4 Å². The Morgan fingerprint density at radius 3 is 2.73 bits per heavy atom. The van der Waals surface area contributed by atoms with E-state index in [1.54, 1.807) is 13.0 Å². The number of carbonyl (C=O) groups excluding carboxylic acids is 2. The summed E-state index contributed by atoms with van der Waals surface area (Å²) in [6, 6.07) is 3.57. The molecule has 1 aromatic heterocycles. The second-order valence-electron chi connectivity index (χ2n) is 3.16. The second kappa shape index (κ2) is 5.28. The molecule has 1 N–H and O–H groups in total. The van der Waals surface area contributed by atoms with Crippen LogP contribution >= 0.6 is 22.9 Å². The number of halogens is 1. The van der Waals surface area contributed by atoms with Crippen LogP contribution in [0.5, 0.6) is 0 Å². The van der Waals surface area contributed by atoms with E-state index in [9.17, 15) is 9.59 Å². The highest BCUT2D eigenvalue weighted by molar-refractivity contribution is 7.14. The minimum absolute atomic E-state index is 0.0734. The van der Waals surface area contributed by atoms with E-state index in [2.05, 4.69) is 5.32 Å². The van der Waals surface area contributed by atoms with Crippen molar-refractivity contribution in [1.82, 2.24) is 5.32 Å². The fourth-order valence-corrected chi connectivity index (χ4v) is 2.17. The average molecular weight is 246 g/mol. The van der Waals surface area contributed by atoms with Gasteiger partial charge in [-0.1, -0.05) is 0 Å². The van der Waals surface area contributed by atoms with Crippen LogP contribution in [0.15, 0.2) is 12.1 Å². The number of ketones is 1. The summed E-state index contributed by atoms with van der Waals surface area (Å²) < 4.78 is 0. The van der Waals surface area contributed by atoms with Gasteiger partial charge in [-0.3, -0.25) is 9.59 Å². The van der Waals surface area contributed by atoms with E-state index in [4.69, 9.17) is 11.6 Å². The van der Waals surface area contributed by atoms with E-state index in [-0.39, 0.29) is 11.7 Å². The monoisotopic (exact) mass is 245 g/mol. The van der Waals surface area contributed by atoms with Crippen molar-refractivity contribution in [3.8, 4) is 0 Å². The molecule has 0 radical (unpaired) electrons. The van der Waals surface area contributed by atoms with E-state index in [0.29, 0.717) is 11.4 Å². The van der Waals surface area contributed by atoms with Crippen LogP contribution in [-0.4, -0.2) is 17.1 Å². The van der Waals surface area contributed by atoms with Gasteiger partial charge in [0.2, 0.25) is 5.91 Å². The van der Waals surface area contributed by atoms with Gasteiger partial charge in [-0.25, -0.2) is 0 Å². The SMILES string of the molecule is CC(=O)NCc1ccc(C(=O)C(C)Cl)s1. The van der Waals surface area contributed by atoms with Gasteiger partial charge >= 0.3 is 0 Å². The average Bonchev–Trinajstić information content (AvgIpc) is 2.61. The lowest BCUT2D eigenvalue weighted by Gasteiger charge is -1.98. The molecule has 1 heterocycles. The van der Waals surface area contributed by atoms with Crippen molar-refractivity contribution in [2.45, 2.75) is 25.8 Å². The molecular formula is C10H12ClNO2S. The predicted molar refractivity (Wildman–Crippen MR) is 61.5 cm³/mol. The highest BCUT2D eigenvalue weighted by Crippen LogP contribution is 2.19. The molecule has 0 aliphatic heterocycles. The molecule has 82 valence electrons. The maximum atomic E-state index is 11.5.